The fourth-order valence-corrected chi connectivity index (χ4v) is 6.79. The standard InChI is InChI=1S/C21H19BrCl2F3NOS2/c1-2-28-19(29)11-30-18-4-3-12(5-17(18)22)13-9-20(31-10-13,21(25,26)27)14-6-15(23)8-16(24)7-14/h3-6,8,10,16H,2,7,9,11H2,1H3,(H,28,29). The van der Waals surface area contributed by atoms with Gasteiger partial charge in [0.25, 0.3) is 0 Å². The Hall–Kier alpha value is -0.540. The van der Waals surface area contributed by atoms with Crippen LogP contribution in [0.1, 0.15) is 25.3 Å². The Labute approximate surface area is 206 Å². The van der Waals surface area contributed by atoms with Crippen LogP contribution in [-0.2, 0) is 4.79 Å². The molecule has 2 aliphatic rings. The first-order valence-corrected chi connectivity index (χ1v) is 12.9. The lowest BCUT2D eigenvalue weighted by molar-refractivity contribution is -0.149. The van der Waals surface area contributed by atoms with Crippen LogP contribution in [0.2, 0.25) is 0 Å². The molecule has 1 N–H and O–H groups in total. The van der Waals surface area contributed by atoms with Gasteiger partial charge in [-0.3, -0.25) is 4.79 Å². The number of benzene rings is 1. The Morgan fingerprint density at radius 1 is 1.42 bits per heavy atom. The normalized spacial score (nSPS) is 23.8. The molecule has 0 radical (unpaired) electrons. The molecule has 31 heavy (non-hydrogen) atoms. The largest absolute Gasteiger partial charge is 0.407 e. The summed E-state index contributed by atoms with van der Waals surface area (Å²) < 4.78 is 41.5. The lowest BCUT2D eigenvalue weighted by Gasteiger charge is -2.35. The number of carbonyl (C=O) groups is 1. The topological polar surface area (TPSA) is 29.1 Å². The van der Waals surface area contributed by atoms with E-state index in [9.17, 15) is 18.0 Å². The molecule has 3 rings (SSSR count). The third kappa shape index (κ3) is 5.69. The van der Waals surface area contributed by atoms with Crippen LogP contribution in [0.25, 0.3) is 5.57 Å². The summed E-state index contributed by atoms with van der Waals surface area (Å²) in [6, 6.07) is 5.40. The third-order valence-corrected chi connectivity index (χ3v) is 8.87. The summed E-state index contributed by atoms with van der Waals surface area (Å²) in [5.41, 5.74) is 1.49. The van der Waals surface area contributed by atoms with Crippen molar-refractivity contribution in [1.29, 1.82) is 0 Å². The number of rotatable bonds is 6. The number of hydrogen-bond donors (Lipinski definition) is 1. The van der Waals surface area contributed by atoms with Gasteiger partial charge in [-0.15, -0.1) is 35.1 Å². The summed E-state index contributed by atoms with van der Waals surface area (Å²) in [4.78, 5) is 12.5. The minimum absolute atomic E-state index is 0.0700. The molecule has 168 valence electrons. The summed E-state index contributed by atoms with van der Waals surface area (Å²) >= 11 is 17.8. The van der Waals surface area contributed by atoms with Crippen LogP contribution in [0.4, 0.5) is 13.2 Å². The maximum atomic E-state index is 14.3. The summed E-state index contributed by atoms with van der Waals surface area (Å²) in [6.45, 7) is 2.41. The predicted octanol–water partition coefficient (Wildman–Crippen LogP) is 7.52. The van der Waals surface area contributed by atoms with E-state index in [-0.39, 0.29) is 35.1 Å². The minimum atomic E-state index is -4.47. The van der Waals surface area contributed by atoms with E-state index in [0.29, 0.717) is 17.7 Å². The van der Waals surface area contributed by atoms with Gasteiger partial charge in [0.1, 0.15) is 4.75 Å². The summed E-state index contributed by atoms with van der Waals surface area (Å²) in [5, 5.41) is 3.98. The highest BCUT2D eigenvalue weighted by molar-refractivity contribution is 9.10. The van der Waals surface area contributed by atoms with Crippen LogP contribution >= 0.6 is 62.7 Å². The molecule has 2 nitrogen and oxygen atoms in total. The zero-order valence-electron chi connectivity index (χ0n) is 16.4. The van der Waals surface area contributed by atoms with Gasteiger partial charge in [-0.05, 0) is 75.7 Å². The van der Waals surface area contributed by atoms with Crippen LogP contribution in [0, 0.1) is 0 Å². The predicted molar refractivity (Wildman–Crippen MR) is 129 cm³/mol. The number of carbonyl (C=O) groups excluding carboxylic acids is 1. The summed E-state index contributed by atoms with van der Waals surface area (Å²) in [7, 11) is 0. The second-order valence-corrected chi connectivity index (χ2v) is 11.1. The molecule has 1 aliphatic carbocycles. The Bertz CT molecular complexity index is 964. The number of alkyl halides is 4. The highest BCUT2D eigenvalue weighted by Crippen LogP contribution is 2.59. The van der Waals surface area contributed by atoms with Crippen molar-refractivity contribution < 1.29 is 18.0 Å². The summed E-state index contributed by atoms with van der Waals surface area (Å²) in [6.07, 6.45) is -1.61. The first-order chi connectivity index (χ1) is 14.6. The van der Waals surface area contributed by atoms with Crippen LogP contribution in [-0.4, -0.2) is 34.5 Å². The molecule has 1 aromatic rings. The van der Waals surface area contributed by atoms with Gasteiger partial charge < -0.3 is 5.32 Å². The zero-order chi connectivity index (χ0) is 22.8. The van der Waals surface area contributed by atoms with Gasteiger partial charge in [0.15, 0.2) is 0 Å². The van der Waals surface area contributed by atoms with Crippen molar-refractivity contribution in [3.05, 3.63) is 56.4 Å². The molecule has 0 saturated carbocycles. The highest BCUT2D eigenvalue weighted by atomic mass is 79.9. The van der Waals surface area contributed by atoms with Gasteiger partial charge in [0.05, 0.1) is 11.1 Å². The van der Waals surface area contributed by atoms with E-state index in [0.717, 1.165) is 21.1 Å². The fraction of sp³-hybridized carbons (Fsp3) is 0.381. The molecule has 0 saturated heterocycles. The van der Waals surface area contributed by atoms with Gasteiger partial charge >= 0.3 is 6.18 Å². The fourth-order valence-electron chi connectivity index (χ4n) is 3.44. The van der Waals surface area contributed by atoms with Gasteiger partial charge in [-0.25, -0.2) is 0 Å². The van der Waals surface area contributed by atoms with Crippen molar-refractivity contribution in [3.63, 3.8) is 0 Å². The average Bonchev–Trinajstić information content (AvgIpc) is 3.13. The van der Waals surface area contributed by atoms with E-state index >= 15 is 0 Å². The minimum Gasteiger partial charge on any atom is -0.356 e. The van der Waals surface area contributed by atoms with E-state index in [2.05, 4.69) is 21.2 Å². The van der Waals surface area contributed by atoms with Gasteiger partial charge in [0, 0.05) is 27.4 Å². The van der Waals surface area contributed by atoms with Crippen molar-refractivity contribution in [1.82, 2.24) is 5.32 Å². The van der Waals surface area contributed by atoms with E-state index < -0.39 is 16.3 Å². The molecule has 0 fully saturated rings. The van der Waals surface area contributed by atoms with Crippen LogP contribution in [0.15, 0.2) is 55.7 Å². The van der Waals surface area contributed by atoms with Crippen molar-refractivity contribution >= 4 is 74.1 Å². The van der Waals surface area contributed by atoms with Gasteiger partial charge in [-0.1, -0.05) is 17.7 Å². The maximum Gasteiger partial charge on any atom is 0.407 e. The summed E-state index contributed by atoms with van der Waals surface area (Å²) in [5.74, 6) is 0.197. The molecule has 1 aliphatic heterocycles. The number of hydrogen-bond acceptors (Lipinski definition) is 3. The first-order valence-electron chi connectivity index (χ1n) is 9.41. The Morgan fingerprint density at radius 3 is 2.77 bits per heavy atom. The van der Waals surface area contributed by atoms with Crippen molar-refractivity contribution in [2.45, 2.75) is 41.0 Å². The smallest absolute Gasteiger partial charge is 0.356 e. The molecule has 2 atom stereocenters. The first kappa shape index (κ1) is 25.1. The second kappa shape index (κ2) is 10.2. The quantitative estimate of drug-likeness (QED) is 0.282. The SMILES string of the molecule is CCNC(=O)CSc1ccc(C2=CSC(C3=CC(Cl)=CC(Cl)C3)(C(F)(F)F)C2)cc1Br. The molecule has 10 heteroatoms. The lowest BCUT2D eigenvalue weighted by Crippen LogP contribution is -2.43. The second-order valence-electron chi connectivity index (χ2n) is 7.09. The van der Waals surface area contributed by atoms with Crippen LogP contribution in [0.5, 0.6) is 0 Å². The monoisotopic (exact) mass is 571 g/mol. The third-order valence-electron chi connectivity index (χ3n) is 4.92. The van der Waals surface area contributed by atoms with E-state index in [1.165, 1.54) is 17.8 Å². The molecule has 1 amide bonds. The van der Waals surface area contributed by atoms with Gasteiger partial charge in [-0.2, -0.15) is 13.2 Å². The van der Waals surface area contributed by atoms with Crippen LogP contribution < -0.4 is 5.32 Å². The molecule has 0 aromatic heterocycles. The number of amides is 1. The highest BCUT2D eigenvalue weighted by Gasteiger charge is 2.59. The molecule has 0 bridgehead atoms. The molecule has 1 aromatic carbocycles. The Balaban J connectivity index is 1.82. The molecule has 0 spiro atoms. The maximum absolute atomic E-state index is 14.3. The number of allylic oxidation sites excluding steroid dienone is 4. The van der Waals surface area contributed by atoms with Crippen molar-refractivity contribution in [2.75, 3.05) is 12.3 Å². The Kier molecular flexibility index (Phi) is 8.22. The van der Waals surface area contributed by atoms with Crippen molar-refractivity contribution in [2.24, 2.45) is 0 Å². The van der Waals surface area contributed by atoms with Crippen molar-refractivity contribution in [3.8, 4) is 0 Å². The van der Waals surface area contributed by atoms with Crippen LogP contribution in [0.3, 0.4) is 0 Å². The van der Waals surface area contributed by atoms with Gasteiger partial charge in [0.2, 0.25) is 5.91 Å². The van der Waals surface area contributed by atoms with E-state index in [1.54, 1.807) is 23.6 Å². The molecular weight excluding hydrogens is 554 g/mol. The number of halogens is 6. The average molecular weight is 573 g/mol. The number of nitrogens with one attached hydrogen (secondary N) is 1. The van der Waals surface area contributed by atoms with E-state index in [1.807, 2.05) is 13.0 Å². The van der Waals surface area contributed by atoms with E-state index in [4.69, 9.17) is 23.2 Å². The number of thioether (sulfide) groups is 2. The Morgan fingerprint density at radius 2 is 2.16 bits per heavy atom. The zero-order valence-corrected chi connectivity index (χ0v) is 21.1. The molecule has 1 heterocycles. The molecule has 2 unspecified atom stereocenters. The lowest BCUT2D eigenvalue weighted by atomic mass is 9.84. The molecular formula is C21H19BrCl2F3NOS2.